The van der Waals surface area contributed by atoms with Crippen molar-refractivity contribution in [3.8, 4) is 10.8 Å². The molecule has 2 heterocycles. The van der Waals surface area contributed by atoms with Gasteiger partial charge in [0.1, 0.15) is 34.1 Å². The number of esters is 2. The summed E-state index contributed by atoms with van der Waals surface area (Å²) in [6.07, 6.45) is -3.73. The molecule has 0 saturated heterocycles. The summed E-state index contributed by atoms with van der Waals surface area (Å²) < 4.78 is 48.7. The number of amides is 1. The van der Waals surface area contributed by atoms with E-state index in [0.717, 1.165) is 22.5 Å². The number of hydrogen-bond acceptors (Lipinski definition) is 8. The Balaban J connectivity index is 1.49. The van der Waals surface area contributed by atoms with Crippen molar-refractivity contribution < 1.29 is 37.0 Å². The number of carbonyl (C=O) groups excluding carboxylic acids is 3. The SMILES string of the molecule is C[C@H](NCCc1ccc2ncn(-c3cc(O[C@H](C)c4ccccc4Cl)c(C(N)=O)s3)c2c1)C(=O)OC(=O)C(F)(F)F. The van der Waals surface area contributed by atoms with E-state index in [0.29, 0.717) is 33.2 Å². The van der Waals surface area contributed by atoms with E-state index >= 15 is 0 Å². The zero-order chi connectivity index (χ0) is 29.9. The number of carbonyl (C=O) groups is 3. The van der Waals surface area contributed by atoms with Crippen LogP contribution in [0.15, 0.2) is 54.9 Å². The number of rotatable bonds is 10. The molecule has 0 fully saturated rings. The van der Waals surface area contributed by atoms with Crippen LogP contribution in [-0.2, 0) is 20.7 Å². The molecule has 0 saturated carbocycles. The fraction of sp³-hybridized carbons (Fsp3) is 0.259. The van der Waals surface area contributed by atoms with Crippen LogP contribution in [0.2, 0.25) is 5.02 Å². The third-order valence-corrected chi connectivity index (χ3v) is 7.52. The zero-order valence-corrected chi connectivity index (χ0v) is 23.3. The van der Waals surface area contributed by atoms with Gasteiger partial charge in [-0.05, 0) is 50.6 Å². The minimum Gasteiger partial charge on any atom is -0.484 e. The van der Waals surface area contributed by atoms with Gasteiger partial charge in [0, 0.05) is 16.7 Å². The average molecular weight is 609 g/mol. The Morgan fingerprint density at radius 2 is 1.88 bits per heavy atom. The highest BCUT2D eigenvalue weighted by Crippen LogP contribution is 2.37. The van der Waals surface area contributed by atoms with E-state index in [4.69, 9.17) is 22.1 Å². The van der Waals surface area contributed by atoms with Crippen molar-refractivity contribution in [1.29, 1.82) is 0 Å². The number of nitrogens with zero attached hydrogens (tertiary/aromatic N) is 2. The number of ether oxygens (including phenoxy) is 2. The highest BCUT2D eigenvalue weighted by molar-refractivity contribution is 7.16. The second kappa shape index (κ2) is 12.3. The van der Waals surface area contributed by atoms with Crippen LogP contribution in [0.3, 0.4) is 0 Å². The number of thiophene rings is 1. The fourth-order valence-corrected chi connectivity index (χ4v) is 5.15. The Morgan fingerprint density at radius 3 is 2.56 bits per heavy atom. The van der Waals surface area contributed by atoms with Gasteiger partial charge in [0.15, 0.2) is 0 Å². The molecule has 216 valence electrons. The topological polar surface area (TPSA) is 126 Å². The van der Waals surface area contributed by atoms with E-state index < -0.39 is 36.2 Å². The van der Waals surface area contributed by atoms with E-state index in [-0.39, 0.29) is 11.4 Å². The lowest BCUT2D eigenvalue weighted by atomic mass is 10.1. The molecule has 4 aromatic rings. The first-order chi connectivity index (χ1) is 19.3. The molecule has 41 heavy (non-hydrogen) atoms. The van der Waals surface area contributed by atoms with Gasteiger partial charge in [0.05, 0.1) is 11.0 Å². The lowest BCUT2D eigenvalue weighted by molar-refractivity contribution is -0.202. The van der Waals surface area contributed by atoms with E-state index in [1.54, 1.807) is 35.2 Å². The molecule has 9 nitrogen and oxygen atoms in total. The molecule has 0 aliphatic carbocycles. The Morgan fingerprint density at radius 1 is 1.15 bits per heavy atom. The van der Waals surface area contributed by atoms with Gasteiger partial charge in [0.25, 0.3) is 5.91 Å². The molecule has 2 aromatic carbocycles. The summed E-state index contributed by atoms with van der Waals surface area (Å²) in [5, 5.41) is 3.90. The van der Waals surface area contributed by atoms with Crippen molar-refractivity contribution >= 4 is 51.8 Å². The first kappa shape index (κ1) is 30.0. The van der Waals surface area contributed by atoms with Gasteiger partial charge in [-0.1, -0.05) is 35.9 Å². The maximum Gasteiger partial charge on any atom is 0.491 e. The van der Waals surface area contributed by atoms with Crippen LogP contribution in [0.25, 0.3) is 16.0 Å². The first-order valence-electron chi connectivity index (χ1n) is 12.2. The smallest absolute Gasteiger partial charge is 0.484 e. The summed E-state index contributed by atoms with van der Waals surface area (Å²) in [4.78, 5) is 39.5. The minimum atomic E-state index is -5.25. The molecule has 0 bridgehead atoms. The van der Waals surface area contributed by atoms with Crippen molar-refractivity contribution in [2.24, 2.45) is 5.73 Å². The Labute approximate surface area is 241 Å². The largest absolute Gasteiger partial charge is 0.491 e. The number of fused-ring (bicyclic) bond motifs is 1. The number of benzene rings is 2. The molecule has 0 unspecified atom stereocenters. The Kier molecular flexibility index (Phi) is 9.00. The van der Waals surface area contributed by atoms with Gasteiger partial charge in [0.2, 0.25) is 0 Å². The highest BCUT2D eigenvalue weighted by atomic mass is 35.5. The second-order valence-electron chi connectivity index (χ2n) is 8.99. The van der Waals surface area contributed by atoms with Gasteiger partial charge >= 0.3 is 18.1 Å². The molecule has 0 aliphatic rings. The van der Waals surface area contributed by atoms with E-state index in [9.17, 15) is 27.6 Å². The Hall–Kier alpha value is -3.94. The quantitative estimate of drug-likeness (QED) is 0.189. The van der Waals surface area contributed by atoms with Gasteiger partial charge in [-0.2, -0.15) is 13.2 Å². The van der Waals surface area contributed by atoms with Crippen molar-refractivity contribution in [2.45, 2.75) is 38.6 Å². The molecule has 3 N–H and O–H groups in total. The van der Waals surface area contributed by atoms with E-state index in [2.05, 4.69) is 15.0 Å². The summed E-state index contributed by atoms with van der Waals surface area (Å²) in [6, 6.07) is 13.2. The number of nitrogens with two attached hydrogens (primary N) is 1. The molecule has 14 heteroatoms. The first-order valence-corrected chi connectivity index (χ1v) is 13.4. The maximum absolute atomic E-state index is 12.3. The number of halogens is 4. The second-order valence-corrected chi connectivity index (χ2v) is 10.4. The summed E-state index contributed by atoms with van der Waals surface area (Å²) in [7, 11) is 0. The standard InChI is InChI=1S/C27H24ClF3N4O5S/c1-14(25(37)40-26(38)27(29,30)31)33-10-9-16-7-8-19-20(11-16)35(13-34-19)22-12-21(23(41-22)24(32)36)39-15(2)17-5-3-4-6-18(17)28/h3-8,11-15,33H,9-10H2,1-2H3,(H2,32,36)/t14-,15+/m0/s1. The average Bonchev–Trinajstić information content (AvgIpc) is 3.52. The maximum atomic E-state index is 12.3. The molecule has 1 amide bonds. The summed E-state index contributed by atoms with van der Waals surface area (Å²) in [5.74, 6) is -4.24. The van der Waals surface area contributed by atoms with E-state index in [1.165, 1.54) is 6.92 Å². The molecule has 2 aromatic heterocycles. The number of imidazole rings is 1. The van der Waals surface area contributed by atoms with Crippen LogP contribution in [0.1, 0.15) is 40.8 Å². The Bertz CT molecular complexity index is 1600. The summed E-state index contributed by atoms with van der Waals surface area (Å²) in [5.41, 5.74) is 8.60. The van der Waals surface area contributed by atoms with Crippen LogP contribution in [0, 0.1) is 0 Å². The van der Waals surface area contributed by atoms with Crippen molar-refractivity contribution in [2.75, 3.05) is 6.54 Å². The molecule has 0 aliphatic heterocycles. The monoisotopic (exact) mass is 608 g/mol. The lowest BCUT2D eigenvalue weighted by Crippen LogP contribution is -2.40. The molecular formula is C27H24ClF3N4O5S. The number of aromatic nitrogens is 2. The summed E-state index contributed by atoms with van der Waals surface area (Å²) >= 11 is 7.43. The number of nitrogens with one attached hydrogen (secondary N) is 1. The molecule has 0 spiro atoms. The predicted octanol–water partition coefficient (Wildman–Crippen LogP) is 5.13. The van der Waals surface area contributed by atoms with Crippen LogP contribution >= 0.6 is 22.9 Å². The van der Waals surface area contributed by atoms with Crippen LogP contribution in [0.4, 0.5) is 13.2 Å². The third-order valence-electron chi connectivity index (χ3n) is 6.05. The molecule has 2 atom stereocenters. The molecular weight excluding hydrogens is 585 g/mol. The van der Waals surface area contributed by atoms with Crippen LogP contribution in [0.5, 0.6) is 5.75 Å². The van der Waals surface area contributed by atoms with Gasteiger partial charge in [-0.25, -0.2) is 14.6 Å². The zero-order valence-electron chi connectivity index (χ0n) is 21.7. The predicted molar refractivity (Wildman–Crippen MR) is 146 cm³/mol. The van der Waals surface area contributed by atoms with Crippen LogP contribution in [-0.4, -0.2) is 46.2 Å². The molecule has 0 radical (unpaired) electrons. The van der Waals surface area contributed by atoms with Crippen molar-refractivity contribution in [1.82, 2.24) is 14.9 Å². The summed E-state index contributed by atoms with van der Waals surface area (Å²) in [6.45, 7) is 3.31. The van der Waals surface area contributed by atoms with Crippen molar-refractivity contribution in [3.05, 3.63) is 75.9 Å². The molecule has 4 rings (SSSR count). The minimum absolute atomic E-state index is 0.207. The third kappa shape index (κ3) is 7.04. The van der Waals surface area contributed by atoms with Gasteiger partial charge in [-0.3, -0.25) is 9.36 Å². The number of alkyl halides is 3. The fourth-order valence-electron chi connectivity index (χ4n) is 3.94. The van der Waals surface area contributed by atoms with Gasteiger partial charge < -0.3 is 20.5 Å². The van der Waals surface area contributed by atoms with Crippen molar-refractivity contribution in [3.63, 3.8) is 0 Å². The van der Waals surface area contributed by atoms with Gasteiger partial charge in [-0.15, -0.1) is 11.3 Å². The number of hydrogen-bond donors (Lipinski definition) is 2. The van der Waals surface area contributed by atoms with E-state index in [1.807, 2.05) is 31.2 Å². The highest BCUT2D eigenvalue weighted by Gasteiger charge is 2.43. The lowest BCUT2D eigenvalue weighted by Gasteiger charge is -2.16. The number of primary amides is 1. The normalized spacial score (nSPS) is 13.1. The van der Waals surface area contributed by atoms with Crippen LogP contribution < -0.4 is 15.8 Å².